The second kappa shape index (κ2) is 9.79. The Bertz CT molecular complexity index is 1530. The lowest BCUT2D eigenvalue weighted by atomic mass is 10.0. The number of carbonyl (C=O) groups excluding carboxylic acids is 2. The van der Waals surface area contributed by atoms with Gasteiger partial charge in [0.05, 0.1) is 19.2 Å². The lowest BCUT2D eigenvalue weighted by molar-refractivity contribution is 0.0521. The molecular formula is C28H23N3O5. The summed E-state index contributed by atoms with van der Waals surface area (Å²) in [5.74, 6) is 0.764. The number of nitrogens with one attached hydrogen (secondary N) is 2. The van der Waals surface area contributed by atoms with Gasteiger partial charge in [0.2, 0.25) is 0 Å². The van der Waals surface area contributed by atoms with Gasteiger partial charge in [-0.3, -0.25) is 9.89 Å². The fourth-order valence-electron chi connectivity index (χ4n) is 3.86. The molecule has 0 saturated carbocycles. The number of fused-ring (bicyclic) bond motifs is 1. The Kier molecular flexibility index (Phi) is 6.23. The van der Waals surface area contributed by atoms with Gasteiger partial charge in [0.15, 0.2) is 11.5 Å². The van der Waals surface area contributed by atoms with Gasteiger partial charge in [0, 0.05) is 16.6 Å². The Balaban J connectivity index is 1.28. The van der Waals surface area contributed by atoms with Crippen LogP contribution >= 0.6 is 0 Å². The molecule has 36 heavy (non-hydrogen) atoms. The van der Waals surface area contributed by atoms with Crippen LogP contribution in [0.1, 0.15) is 28.0 Å². The predicted molar refractivity (Wildman–Crippen MR) is 136 cm³/mol. The van der Waals surface area contributed by atoms with Gasteiger partial charge in [-0.2, -0.15) is 5.10 Å². The molecule has 0 bridgehead atoms. The molecule has 2 N–H and O–H groups in total. The van der Waals surface area contributed by atoms with Gasteiger partial charge in [-0.05, 0) is 78.7 Å². The number of hydrogen-bond donors (Lipinski definition) is 2. The first-order chi connectivity index (χ1) is 17.6. The van der Waals surface area contributed by atoms with Crippen LogP contribution in [0.3, 0.4) is 0 Å². The molecule has 5 rings (SSSR count). The number of aromatic nitrogens is 2. The van der Waals surface area contributed by atoms with Crippen molar-refractivity contribution < 1.29 is 23.5 Å². The highest BCUT2D eigenvalue weighted by molar-refractivity contribution is 6.03. The van der Waals surface area contributed by atoms with E-state index in [0.717, 1.165) is 28.0 Å². The van der Waals surface area contributed by atoms with Crippen molar-refractivity contribution in [2.45, 2.75) is 6.92 Å². The highest BCUT2D eigenvalue weighted by Crippen LogP contribution is 2.28. The van der Waals surface area contributed by atoms with Crippen molar-refractivity contribution in [2.24, 2.45) is 0 Å². The maximum absolute atomic E-state index is 12.7. The smallest absolute Gasteiger partial charge is 0.359 e. The zero-order valence-corrected chi connectivity index (χ0v) is 19.7. The van der Waals surface area contributed by atoms with E-state index in [1.807, 2.05) is 66.7 Å². The van der Waals surface area contributed by atoms with E-state index in [9.17, 15) is 9.59 Å². The number of hydrogen-bond acceptors (Lipinski definition) is 6. The molecule has 0 fully saturated rings. The summed E-state index contributed by atoms with van der Waals surface area (Å²) in [4.78, 5) is 24.7. The minimum atomic E-state index is -0.454. The largest absolute Gasteiger partial charge is 0.497 e. The molecule has 0 unspecified atom stereocenters. The number of nitrogens with zero attached hydrogens (tertiary/aromatic N) is 1. The molecule has 8 nitrogen and oxygen atoms in total. The standard InChI is InChI=1S/C28H23N3O5/c1-3-35-28(33)26-22-13-8-19(16-23(22)30-31-26)17-4-9-20(10-5-17)29-27(32)25-15-14-24(36-25)18-6-11-21(34-2)12-7-18/h4-16H,3H2,1-2H3,(H,29,32)(H,30,31). The van der Waals surface area contributed by atoms with Gasteiger partial charge in [0.25, 0.3) is 5.91 Å². The van der Waals surface area contributed by atoms with Crippen LogP contribution in [0.15, 0.2) is 83.3 Å². The second-order valence-corrected chi connectivity index (χ2v) is 7.98. The highest BCUT2D eigenvalue weighted by Gasteiger charge is 2.16. The number of H-pyrrole nitrogens is 1. The van der Waals surface area contributed by atoms with Crippen molar-refractivity contribution in [2.75, 3.05) is 19.0 Å². The molecule has 5 aromatic rings. The van der Waals surface area contributed by atoms with E-state index in [0.29, 0.717) is 16.8 Å². The van der Waals surface area contributed by atoms with Crippen molar-refractivity contribution in [3.63, 3.8) is 0 Å². The molecule has 2 heterocycles. The second-order valence-electron chi connectivity index (χ2n) is 7.98. The first-order valence-electron chi connectivity index (χ1n) is 11.4. The van der Waals surface area contributed by atoms with Crippen LogP contribution in [0.2, 0.25) is 0 Å². The van der Waals surface area contributed by atoms with Crippen LogP contribution in [-0.2, 0) is 4.74 Å². The Morgan fingerprint density at radius 3 is 2.36 bits per heavy atom. The summed E-state index contributed by atoms with van der Waals surface area (Å²) in [5.41, 5.74) is 4.38. The zero-order valence-electron chi connectivity index (χ0n) is 19.7. The number of methoxy groups -OCH3 is 1. The lowest BCUT2D eigenvalue weighted by Gasteiger charge is -2.06. The van der Waals surface area contributed by atoms with Crippen LogP contribution in [0.5, 0.6) is 5.75 Å². The molecule has 0 radical (unpaired) electrons. The summed E-state index contributed by atoms with van der Waals surface area (Å²) in [6.07, 6.45) is 0. The third-order valence-corrected chi connectivity index (χ3v) is 5.71. The van der Waals surface area contributed by atoms with Crippen molar-refractivity contribution in [3.8, 4) is 28.2 Å². The van der Waals surface area contributed by atoms with Gasteiger partial charge in [-0.25, -0.2) is 4.79 Å². The van der Waals surface area contributed by atoms with E-state index in [-0.39, 0.29) is 24.0 Å². The molecule has 0 aliphatic heterocycles. The minimum Gasteiger partial charge on any atom is -0.497 e. The summed E-state index contributed by atoms with van der Waals surface area (Å²) in [5, 5.41) is 10.5. The number of esters is 1. The van der Waals surface area contributed by atoms with E-state index in [4.69, 9.17) is 13.9 Å². The quantitative estimate of drug-likeness (QED) is 0.279. The Morgan fingerprint density at radius 1 is 0.917 bits per heavy atom. The number of amides is 1. The zero-order chi connectivity index (χ0) is 25.1. The molecule has 3 aromatic carbocycles. The van der Waals surface area contributed by atoms with Crippen molar-refractivity contribution in [1.29, 1.82) is 0 Å². The number of anilines is 1. The minimum absolute atomic E-state index is 0.215. The highest BCUT2D eigenvalue weighted by atomic mass is 16.5. The maximum Gasteiger partial charge on any atom is 0.359 e. The number of ether oxygens (including phenoxy) is 2. The number of carbonyl (C=O) groups is 2. The van der Waals surface area contributed by atoms with Crippen LogP contribution in [-0.4, -0.2) is 35.8 Å². The van der Waals surface area contributed by atoms with Gasteiger partial charge >= 0.3 is 5.97 Å². The molecule has 2 aromatic heterocycles. The van der Waals surface area contributed by atoms with Crippen LogP contribution in [0.25, 0.3) is 33.4 Å². The van der Waals surface area contributed by atoms with E-state index < -0.39 is 5.97 Å². The molecule has 0 atom stereocenters. The van der Waals surface area contributed by atoms with Gasteiger partial charge in [-0.15, -0.1) is 0 Å². The topological polar surface area (TPSA) is 106 Å². The van der Waals surface area contributed by atoms with Crippen LogP contribution in [0.4, 0.5) is 5.69 Å². The number of furan rings is 1. The van der Waals surface area contributed by atoms with Crippen LogP contribution < -0.4 is 10.1 Å². The molecule has 1 amide bonds. The third kappa shape index (κ3) is 4.56. The number of rotatable bonds is 7. The van der Waals surface area contributed by atoms with Crippen LogP contribution in [0, 0.1) is 0 Å². The van der Waals surface area contributed by atoms with E-state index >= 15 is 0 Å². The van der Waals surface area contributed by atoms with Gasteiger partial charge in [0.1, 0.15) is 11.5 Å². The first kappa shape index (κ1) is 22.9. The fourth-order valence-corrected chi connectivity index (χ4v) is 3.86. The van der Waals surface area contributed by atoms with E-state index in [1.54, 1.807) is 26.2 Å². The molecular weight excluding hydrogens is 458 g/mol. The van der Waals surface area contributed by atoms with Gasteiger partial charge < -0.3 is 19.2 Å². The predicted octanol–water partition coefficient (Wildman–Crippen LogP) is 5.93. The third-order valence-electron chi connectivity index (χ3n) is 5.71. The summed E-state index contributed by atoms with van der Waals surface area (Å²) >= 11 is 0. The normalized spacial score (nSPS) is 10.8. The van der Waals surface area contributed by atoms with Crippen molar-refractivity contribution in [1.82, 2.24) is 10.2 Å². The Hall–Kier alpha value is -4.85. The Morgan fingerprint density at radius 2 is 1.64 bits per heavy atom. The summed E-state index contributed by atoms with van der Waals surface area (Å²) < 4.78 is 16.0. The van der Waals surface area contributed by atoms with E-state index in [2.05, 4.69) is 15.5 Å². The average molecular weight is 482 g/mol. The molecule has 0 aliphatic carbocycles. The first-order valence-corrected chi connectivity index (χ1v) is 11.4. The summed E-state index contributed by atoms with van der Waals surface area (Å²) in [7, 11) is 1.61. The van der Waals surface area contributed by atoms with Crippen molar-refractivity contribution in [3.05, 3.63) is 90.3 Å². The number of aromatic amines is 1. The number of benzene rings is 3. The fraction of sp³-hybridized carbons (Fsp3) is 0.107. The van der Waals surface area contributed by atoms with E-state index in [1.165, 1.54) is 0 Å². The molecule has 0 aliphatic rings. The summed E-state index contributed by atoms with van der Waals surface area (Å²) in [6, 6.07) is 24.0. The Labute approximate surface area is 206 Å². The van der Waals surface area contributed by atoms with Gasteiger partial charge in [-0.1, -0.05) is 18.2 Å². The SMILES string of the molecule is CCOC(=O)c1n[nH]c2cc(-c3ccc(NC(=O)c4ccc(-c5ccc(OC)cc5)o4)cc3)ccc12. The van der Waals surface area contributed by atoms with Crippen molar-refractivity contribution >= 4 is 28.5 Å². The molecule has 0 saturated heterocycles. The lowest BCUT2D eigenvalue weighted by Crippen LogP contribution is -2.10. The monoisotopic (exact) mass is 481 g/mol. The molecule has 8 heteroatoms. The average Bonchev–Trinajstić information content (AvgIpc) is 3.57. The molecule has 0 spiro atoms. The summed E-state index contributed by atoms with van der Waals surface area (Å²) in [6.45, 7) is 2.04. The molecule has 180 valence electrons. The maximum atomic E-state index is 12.7.